The summed E-state index contributed by atoms with van der Waals surface area (Å²) in [5.41, 5.74) is 0.0952. The lowest BCUT2D eigenvalue weighted by Gasteiger charge is -2.09. The number of hydrogen-bond acceptors (Lipinski definition) is 2. The van der Waals surface area contributed by atoms with Crippen LogP contribution < -0.4 is 4.74 Å². The summed E-state index contributed by atoms with van der Waals surface area (Å²) in [6, 6.07) is 11.4. The molecule has 2 aromatic carbocycles. The summed E-state index contributed by atoms with van der Waals surface area (Å²) in [6.07, 6.45) is 2.04. The molecule has 102 valence electrons. The monoisotopic (exact) mass is 336 g/mol. The summed E-state index contributed by atoms with van der Waals surface area (Å²) >= 11 is 3.31. The molecule has 0 aliphatic carbocycles. The summed E-state index contributed by atoms with van der Waals surface area (Å²) in [6.45, 7) is 0. The number of carbonyl (C=O) groups is 1. The van der Waals surface area contributed by atoms with Gasteiger partial charge in [0, 0.05) is 10.5 Å². The molecule has 0 aliphatic rings. The van der Waals surface area contributed by atoms with E-state index in [1.807, 2.05) is 0 Å². The van der Waals surface area contributed by atoms with E-state index in [2.05, 4.69) is 15.9 Å². The van der Waals surface area contributed by atoms with Crippen molar-refractivity contribution in [2.45, 2.75) is 0 Å². The molecule has 0 saturated heterocycles. The maximum absolute atomic E-state index is 13.7. The van der Waals surface area contributed by atoms with Crippen molar-refractivity contribution in [1.82, 2.24) is 0 Å². The molecule has 0 aliphatic heterocycles. The van der Waals surface area contributed by atoms with Crippen LogP contribution in [-0.4, -0.2) is 11.1 Å². The second kappa shape index (κ2) is 6.34. The molecule has 1 N–H and O–H groups in total. The zero-order valence-corrected chi connectivity index (χ0v) is 11.8. The van der Waals surface area contributed by atoms with Gasteiger partial charge in [0.25, 0.3) is 0 Å². The summed E-state index contributed by atoms with van der Waals surface area (Å²) in [5, 5.41) is 8.62. The fourth-order valence-corrected chi connectivity index (χ4v) is 1.82. The lowest BCUT2D eigenvalue weighted by atomic mass is 10.1. The number of aliphatic carboxylic acids is 1. The van der Waals surface area contributed by atoms with Crippen LogP contribution in [0.3, 0.4) is 0 Å². The normalized spacial score (nSPS) is 10.7. The Morgan fingerprint density at radius 3 is 2.55 bits per heavy atom. The Kier molecular flexibility index (Phi) is 4.53. The largest absolute Gasteiger partial charge is 0.478 e. The van der Waals surface area contributed by atoms with Crippen molar-refractivity contribution in [3.63, 3.8) is 0 Å². The molecule has 0 radical (unpaired) electrons. The molecule has 0 heterocycles. The van der Waals surface area contributed by atoms with Gasteiger partial charge in [0.15, 0.2) is 0 Å². The molecule has 0 spiro atoms. The number of carboxylic acid groups (broad SMARTS) is 1. The highest BCUT2D eigenvalue weighted by Gasteiger charge is 2.08. The van der Waals surface area contributed by atoms with Crippen LogP contribution in [0.5, 0.6) is 11.5 Å². The van der Waals surface area contributed by atoms with E-state index < -0.39 is 11.8 Å². The van der Waals surface area contributed by atoms with Crippen LogP contribution in [0.4, 0.5) is 4.39 Å². The minimum absolute atomic E-state index is 0.0952. The van der Waals surface area contributed by atoms with Gasteiger partial charge in [-0.15, -0.1) is 0 Å². The van der Waals surface area contributed by atoms with Crippen LogP contribution in [0.15, 0.2) is 53.0 Å². The van der Waals surface area contributed by atoms with Crippen molar-refractivity contribution in [2.75, 3.05) is 0 Å². The standard InChI is InChI=1S/C15H10BrFO3/c16-10-4-6-11(7-5-10)20-14-3-1-2-13(17)12(14)8-9-15(18)19/h1-9H,(H,18,19)/b9-8+. The second-order valence-electron chi connectivity index (χ2n) is 3.88. The fourth-order valence-electron chi connectivity index (χ4n) is 1.55. The first kappa shape index (κ1) is 14.3. The molecular weight excluding hydrogens is 327 g/mol. The number of halogens is 2. The lowest BCUT2D eigenvalue weighted by molar-refractivity contribution is -0.131. The predicted molar refractivity (Wildman–Crippen MR) is 77.3 cm³/mol. The molecule has 0 saturated carbocycles. The Hall–Kier alpha value is -2.14. The highest BCUT2D eigenvalue weighted by atomic mass is 79.9. The average Bonchev–Trinajstić information content (AvgIpc) is 2.40. The molecule has 0 bridgehead atoms. The number of benzene rings is 2. The highest BCUT2D eigenvalue weighted by molar-refractivity contribution is 9.10. The van der Waals surface area contributed by atoms with Crippen LogP contribution in [0, 0.1) is 5.82 Å². The highest BCUT2D eigenvalue weighted by Crippen LogP contribution is 2.29. The van der Waals surface area contributed by atoms with E-state index >= 15 is 0 Å². The van der Waals surface area contributed by atoms with Crippen LogP contribution in [0.1, 0.15) is 5.56 Å². The average molecular weight is 337 g/mol. The van der Waals surface area contributed by atoms with E-state index in [0.717, 1.165) is 10.5 Å². The predicted octanol–water partition coefficient (Wildman–Crippen LogP) is 4.48. The van der Waals surface area contributed by atoms with Gasteiger partial charge >= 0.3 is 5.97 Å². The van der Waals surface area contributed by atoms with Gasteiger partial charge in [-0.05, 0) is 42.5 Å². The van der Waals surface area contributed by atoms with Gasteiger partial charge in [0.05, 0.1) is 5.56 Å². The van der Waals surface area contributed by atoms with E-state index in [1.165, 1.54) is 18.2 Å². The lowest BCUT2D eigenvalue weighted by Crippen LogP contribution is -1.92. The molecule has 0 fully saturated rings. The maximum Gasteiger partial charge on any atom is 0.328 e. The second-order valence-corrected chi connectivity index (χ2v) is 4.79. The Labute approximate surface area is 123 Å². The number of ether oxygens (including phenoxy) is 1. The molecule has 20 heavy (non-hydrogen) atoms. The molecule has 3 nitrogen and oxygen atoms in total. The first-order valence-corrected chi connectivity index (χ1v) is 6.48. The summed E-state index contributed by atoms with van der Waals surface area (Å²) in [5.74, 6) is -0.909. The van der Waals surface area contributed by atoms with E-state index in [0.29, 0.717) is 5.75 Å². The summed E-state index contributed by atoms with van der Waals surface area (Å²) in [7, 11) is 0. The van der Waals surface area contributed by atoms with E-state index in [-0.39, 0.29) is 11.3 Å². The summed E-state index contributed by atoms with van der Waals surface area (Å²) < 4.78 is 20.2. The number of rotatable bonds is 4. The van der Waals surface area contributed by atoms with Crippen LogP contribution in [0.2, 0.25) is 0 Å². The minimum Gasteiger partial charge on any atom is -0.478 e. The van der Waals surface area contributed by atoms with Crippen molar-refractivity contribution in [3.05, 3.63) is 64.4 Å². The van der Waals surface area contributed by atoms with Crippen molar-refractivity contribution in [1.29, 1.82) is 0 Å². The minimum atomic E-state index is -1.15. The van der Waals surface area contributed by atoms with Gasteiger partial charge in [0.1, 0.15) is 17.3 Å². The zero-order chi connectivity index (χ0) is 14.5. The van der Waals surface area contributed by atoms with E-state index in [4.69, 9.17) is 9.84 Å². The van der Waals surface area contributed by atoms with E-state index in [9.17, 15) is 9.18 Å². The van der Waals surface area contributed by atoms with Gasteiger partial charge in [0.2, 0.25) is 0 Å². The van der Waals surface area contributed by atoms with Gasteiger partial charge in [-0.2, -0.15) is 0 Å². The zero-order valence-electron chi connectivity index (χ0n) is 10.2. The molecule has 2 aromatic rings. The Morgan fingerprint density at radius 2 is 1.90 bits per heavy atom. The SMILES string of the molecule is O=C(O)/C=C/c1c(F)cccc1Oc1ccc(Br)cc1. The van der Waals surface area contributed by atoms with Gasteiger partial charge in [-0.1, -0.05) is 22.0 Å². The topological polar surface area (TPSA) is 46.5 Å². The Balaban J connectivity index is 2.33. The third-order valence-electron chi connectivity index (χ3n) is 2.45. The fraction of sp³-hybridized carbons (Fsp3) is 0. The van der Waals surface area contributed by atoms with Crippen LogP contribution in [-0.2, 0) is 4.79 Å². The molecule has 0 amide bonds. The van der Waals surface area contributed by atoms with Crippen molar-refractivity contribution >= 4 is 28.0 Å². The molecular formula is C15H10BrFO3. The first-order valence-electron chi connectivity index (χ1n) is 5.69. The molecule has 0 atom stereocenters. The van der Waals surface area contributed by atoms with Gasteiger partial charge in [-0.25, -0.2) is 9.18 Å². The maximum atomic E-state index is 13.7. The third-order valence-corrected chi connectivity index (χ3v) is 2.98. The Morgan fingerprint density at radius 1 is 1.20 bits per heavy atom. The van der Waals surface area contributed by atoms with Crippen LogP contribution in [0.25, 0.3) is 6.08 Å². The molecule has 0 unspecified atom stereocenters. The number of carboxylic acids is 1. The molecule has 5 heteroatoms. The number of hydrogen-bond donors (Lipinski definition) is 1. The van der Waals surface area contributed by atoms with Crippen molar-refractivity contribution in [3.8, 4) is 11.5 Å². The molecule has 2 rings (SSSR count). The van der Waals surface area contributed by atoms with Crippen molar-refractivity contribution < 1.29 is 19.0 Å². The van der Waals surface area contributed by atoms with Gasteiger partial charge < -0.3 is 9.84 Å². The quantitative estimate of drug-likeness (QED) is 0.837. The Bertz CT molecular complexity index is 651. The smallest absolute Gasteiger partial charge is 0.328 e. The van der Waals surface area contributed by atoms with E-state index in [1.54, 1.807) is 30.3 Å². The van der Waals surface area contributed by atoms with Gasteiger partial charge in [-0.3, -0.25) is 0 Å². The third kappa shape index (κ3) is 3.68. The summed E-state index contributed by atoms with van der Waals surface area (Å²) in [4.78, 5) is 10.5. The van der Waals surface area contributed by atoms with Crippen LogP contribution >= 0.6 is 15.9 Å². The van der Waals surface area contributed by atoms with Crippen molar-refractivity contribution in [2.24, 2.45) is 0 Å². The first-order chi connectivity index (χ1) is 9.56. The molecule has 0 aromatic heterocycles.